The minimum Gasteiger partial charge on any atom is -0.493 e. The third kappa shape index (κ3) is 3.65. The summed E-state index contributed by atoms with van der Waals surface area (Å²) in [6, 6.07) is 9.77. The van der Waals surface area contributed by atoms with Crippen LogP contribution >= 0.6 is 11.6 Å². The third-order valence-electron chi connectivity index (χ3n) is 3.19. The van der Waals surface area contributed by atoms with Gasteiger partial charge in [-0.1, -0.05) is 17.7 Å². The van der Waals surface area contributed by atoms with Crippen molar-refractivity contribution in [2.45, 2.75) is 6.61 Å². The zero-order valence-electron chi connectivity index (χ0n) is 12.5. The average molecular weight is 352 g/mol. The number of ether oxygens (including phenoxy) is 2. The van der Waals surface area contributed by atoms with Crippen molar-refractivity contribution in [3.63, 3.8) is 0 Å². The molecule has 2 aromatic carbocycles. The normalized spacial score (nSPS) is 11.5. The van der Waals surface area contributed by atoms with Crippen molar-refractivity contribution in [2.75, 3.05) is 7.11 Å². The Labute approximate surface area is 141 Å². The molecule has 0 aliphatic heterocycles. The SMILES string of the molecule is COc1cc(/C=C/c2nc3cc(Cl)ccc3o2)ccc1OC(F)F. The summed E-state index contributed by atoms with van der Waals surface area (Å²) in [6.45, 7) is -2.91. The van der Waals surface area contributed by atoms with E-state index < -0.39 is 6.61 Å². The Morgan fingerprint density at radius 3 is 2.71 bits per heavy atom. The number of hydrogen-bond donors (Lipinski definition) is 0. The van der Waals surface area contributed by atoms with Crippen LogP contribution in [-0.2, 0) is 0 Å². The molecule has 0 saturated carbocycles. The van der Waals surface area contributed by atoms with E-state index in [2.05, 4.69) is 9.72 Å². The van der Waals surface area contributed by atoms with Crippen LogP contribution in [0.5, 0.6) is 11.5 Å². The molecule has 0 unspecified atom stereocenters. The third-order valence-corrected chi connectivity index (χ3v) is 3.42. The Morgan fingerprint density at radius 2 is 1.96 bits per heavy atom. The van der Waals surface area contributed by atoms with E-state index in [1.165, 1.54) is 13.2 Å². The largest absolute Gasteiger partial charge is 0.493 e. The Bertz CT molecular complexity index is 893. The fourth-order valence-electron chi connectivity index (χ4n) is 2.14. The van der Waals surface area contributed by atoms with Crippen LogP contribution in [0.25, 0.3) is 23.3 Å². The van der Waals surface area contributed by atoms with Gasteiger partial charge in [0.2, 0.25) is 5.89 Å². The number of alkyl halides is 2. The number of methoxy groups -OCH3 is 1. The number of fused-ring (bicyclic) bond motifs is 1. The predicted octanol–water partition coefficient (Wildman–Crippen LogP) is 5.26. The predicted molar refractivity (Wildman–Crippen MR) is 87.6 cm³/mol. The van der Waals surface area contributed by atoms with Gasteiger partial charge in [-0.2, -0.15) is 8.78 Å². The van der Waals surface area contributed by atoms with Crippen molar-refractivity contribution < 1.29 is 22.7 Å². The van der Waals surface area contributed by atoms with Gasteiger partial charge in [-0.15, -0.1) is 0 Å². The van der Waals surface area contributed by atoms with E-state index in [-0.39, 0.29) is 11.5 Å². The van der Waals surface area contributed by atoms with Crippen LogP contribution in [0, 0.1) is 0 Å². The summed E-state index contributed by atoms with van der Waals surface area (Å²) in [4.78, 5) is 4.30. The molecule has 3 aromatic rings. The van der Waals surface area contributed by atoms with Crippen LogP contribution in [0.4, 0.5) is 8.78 Å². The van der Waals surface area contributed by atoms with E-state index in [0.717, 1.165) is 0 Å². The van der Waals surface area contributed by atoms with E-state index in [4.69, 9.17) is 20.8 Å². The van der Waals surface area contributed by atoms with Crippen molar-refractivity contribution in [3.05, 3.63) is 52.9 Å². The topological polar surface area (TPSA) is 44.5 Å². The molecular weight excluding hydrogens is 340 g/mol. The monoisotopic (exact) mass is 351 g/mol. The minimum atomic E-state index is -2.91. The lowest BCUT2D eigenvalue weighted by Gasteiger charge is -2.10. The molecule has 24 heavy (non-hydrogen) atoms. The van der Waals surface area contributed by atoms with Gasteiger partial charge in [-0.3, -0.25) is 0 Å². The zero-order chi connectivity index (χ0) is 17.1. The zero-order valence-corrected chi connectivity index (χ0v) is 13.3. The van der Waals surface area contributed by atoms with Crippen molar-refractivity contribution in [2.24, 2.45) is 0 Å². The lowest BCUT2D eigenvalue weighted by Crippen LogP contribution is -2.03. The average Bonchev–Trinajstić information content (AvgIpc) is 2.95. The number of nitrogens with zero attached hydrogens (tertiary/aromatic N) is 1. The highest BCUT2D eigenvalue weighted by Crippen LogP contribution is 2.30. The molecule has 0 N–H and O–H groups in total. The van der Waals surface area contributed by atoms with Crippen LogP contribution in [0.2, 0.25) is 5.02 Å². The molecule has 124 valence electrons. The van der Waals surface area contributed by atoms with Crippen molar-refractivity contribution in [1.29, 1.82) is 0 Å². The molecule has 0 fully saturated rings. The number of benzene rings is 2. The van der Waals surface area contributed by atoms with E-state index in [0.29, 0.717) is 27.6 Å². The molecule has 1 heterocycles. The standard InChI is InChI=1S/C17H12ClF2NO3/c1-22-15-8-10(2-5-14(15)24-17(19)20)3-7-16-21-12-9-11(18)4-6-13(12)23-16/h2-9,17H,1H3/b7-3+. The van der Waals surface area contributed by atoms with Crippen molar-refractivity contribution in [1.82, 2.24) is 4.98 Å². The molecule has 0 atom stereocenters. The quantitative estimate of drug-likeness (QED) is 0.628. The molecule has 0 aliphatic rings. The maximum atomic E-state index is 12.3. The van der Waals surface area contributed by atoms with Gasteiger partial charge in [0.05, 0.1) is 7.11 Å². The lowest BCUT2D eigenvalue weighted by molar-refractivity contribution is -0.0512. The molecule has 4 nitrogen and oxygen atoms in total. The summed E-state index contributed by atoms with van der Waals surface area (Å²) in [5.74, 6) is 0.585. The van der Waals surface area contributed by atoms with E-state index in [1.54, 1.807) is 42.5 Å². The maximum Gasteiger partial charge on any atom is 0.387 e. The minimum absolute atomic E-state index is 0.0267. The first kappa shape index (κ1) is 16.3. The molecule has 0 radical (unpaired) electrons. The van der Waals surface area contributed by atoms with Gasteiger partial charge in [0.1, 0.15) is 5.52 Å². The maximum absolute atomic E-state index is 12.3. The van der Waals surface area contributed by atoms with Gasteiger partial charge in [0, 0.05) is 11.1 Å². The van der Waals surface area contributed by atoms with Gasteiger partial charge in [0.15, 0.2) is 17.1 Å². The highest BCUT2D eigenvalue weighted by Gasteiger charge is 2.10. The number of halogens is 3. The fraction of sp³-hybridized carbons (Fsp3) is 0.118. The molecule has 7 heteroatoms. The van der Waals surface area contributed by atoms with Crippen LogP contribution in [0.1, 0.15) is 11.5 Å². The number of rotatable bonds is 5. The molecule has 0 aliphatic carbocycles. The summed E-state index contributed by atoms with van der Waals surface area (Å²) in [7, 11) is 1.38. The van der Waals surface area contributed by atoms with Gasteiger partial charge in [-0.05, 0) is 42.0 Å². The molecule has 1 aromatic heterocycles. The van der Waals surface area contributed by atoms with Gasteiger partial charge >= 0.3 is 6.61 Å². The Morgan fingerprint density at radius 1 is 1.12 bits per heavy atom. The lowest BCUT2D eigenvalue weighted by atomic mass is 10.2. The second-order valence-corrected chi connectivity index (χ2v) is 5.22. The van der Waals surface area contributed by atoms with E-state index in [9.17, 15) is 8.78 Å². The number of aromatic nitrogens is 1. The first-order chi connectivity index (χ1) is 11.5. The first-order valence-electron chi connectivity index (χ1n) is 6.92. The van der Waals surface area contributed by atoms with Crippen LogP contribution in [0.3, 0.4) is 0 Å². The fourth-order valence-corrected chi connectivity index (χ4v) is 2.30. The molecule has 0 amide bonds. The van der Waals surface area contributed by atoms with Crippen LogP contribution < -0.4 is 9.47 Å². The Balaban J connectivity index is 1.84. The summed E-state index contributed by atoms with van der Waals surface area (Å²) < 4.78 is 39.6. The second kappa shape index (κ2) is 6.88. The molecule has 0 saturated heterocycles. The summed E-state index contributed by atoms with van der Waals surface area (Å²) in [5, 5.41) is 0.575. The van der Waals surface area contributed by atoms with E-state index >= 15 is 0 Å². The summed E-state index contributed by atoms with van der Waals surface area (Å²) in [6.07, 6.45) is 3.39. The Kier molecular flexibility index (Phi) is 4.66. The smallest absolute Gasteiger partial charge is 0.387 e. The molecule has 0 spiro atoms. The van der Waals surface area contributed by atoms with Crippen LogP contribution in [-0.4, -0.2) is 18.7 Å². The number of oxazole rings is 1. The summed E-state index contributed by atoms with van der Waals surface area (Å²) >= 11 is 5.91. The highest BCUT2D eigenvalue weighted by atomic mass is 35.5. The summed E-state index contributed by atoms with van der Waals surface area (Å²) in [5.41, 5.74) is 1.99. The van der Waals surface area contributed by atoms with Gasteiger partial charge in [-0.25, -0.2) is 4.98 Å². The van der Waals surface area contributed by atoms with Crippen LogP contribution in [0.15, 0.2) is 40.8 Å². The van der Waals surface area contributed by atoms with Crippen molar-refractivity contribution in [3.8, 4) is 11.5 Å². The second-order valence-electron chi connectivity index (χ2n) is 4.79. The molecular formula is C17H12ClF2NO3. The molecule has 0 bridgehead atoms. The van der Waals surface area contributed by atoms with Gasteiger partial charge < -0.3 is 13.9 Å². The van der Waals surface area contributed by atoms with Gasteiger partial charge in [0.25, 0.3) is 0 Å². The molecule has 3 rings (SSSR count). The Hall–Kier alpha value is -2.60. The van der Waals surface area contributed by atoms with Crippen molar-refractivity contribution >= 4 is 34.9 Å². The number of hydrogen-bond acceptors (Lipinski definition) is 4. The van der Waals surface area contributed by atoms with E-state index in [1.807, 2.05) is 0 Å². The highest BCUT2D eigenvalue weighted by molar-refractivity contribution is 6.31. The first-order valence-corrected chi connectivity index (χ1v) is 7.30.